The standard InChI is InChI=1S/C29H27F2N3O4/c1-17(32)28(37)34(29(38)26(35)20-12-22(30)15-23(31)13-20)25-24(19-10-6-3-7-11-19)14-21(16-33-27(25)36)18-8-4-2-5-9-18/h2-15,17,24-26,35H,16,32H2,1H3,(H,33,36)/t17-,24+,25-,26+/m0/s1. The Morgan fingerprint density at radius 1 is 0.974 bits per heavy atom. The molecule has 0 radical (unpaired) electrons. The molecule has 3 aromatic rings. The summed E-state index contributed by atoms with van der Waals surface area (Å²) >= 11 is 0. The molecular formula is C29H27F2N3O4. The first-order valence-electron chi connectivity index (χ1n) is 12.0. The van der Waals surface area contributed by atoms with E-state index in [-0.39, 0.29) is 6.54 Å². The topological polar surface area (TPSA) is 113 Å². The number of imide groups is 1. The second kappa shape index (κ2) is 11.5. The minimum absolute atomic E-state index is 0.120. The van der Waals surface area contributed by atoms with Crippen LogP contribution in [0.2, 0.25) is 0 Å². The van der Waals surface area contributed by atoms with Gasteiger partial charge in [0.15, 0.2) is 6.10 Å². The molecule has 4 rings (SSSR count). The van der Waals surface area contributed by atoms with E-state index in [1.807, 2.05) is 30.3 Å². The van der Waals surface area contributed by atoms with E-state index in [2.05, 4.69) is 5.32 Å². The lowest BCUT2D eigenvalue weighted by Gasteiger charge is -2.35. The summed E-state index contributed by atoms with van der Waals surface area (Å²) in [6, 6.07) is 17.6. The lowest BCUT2D eigenvalue weighted by atomic mass is 9.87. The molecule has 7 nitrogen and oxygen atoms in total. The Balaban J connectivity index is 1.86. The van der Waals surface area contributed by atoms with Gasteiger partial charge in [0.25, 0.3) is 5.91 Å². The number of benzene rings is 3. The fourth-order valence-electron chi connectivity index (χ4n) is 4.51. The van der Waals surface area contributed by atoms with Crippen molar-refractivity contribution in [2.24, 2.45) is 5.73 Å². The summed E-state index contributed by atoms with van der Waals surface area (Å²) < 4.78 is 27.7. The second-order valence-electron chi connectivity index (χ2n) is 9.10. The third-order valence-corrected chi connectivity index (χ3v) is 6.35. The van der Waals surface area contributed by atoms with Gasteiger partial charge in [0.1, 0.15) is 17.7 Å². The van der Waals surface area contributed by atoms with E-state index in [0.717, 1.165) is 23.3 Å². The molecule has 1 aliphatic heterocycles. The van der Waals surface area contributed by atoms with E-state index in [9.17, 15) is 28.3 Å². The summed E-state index contributed by atoms with van der Waals surface area (Å²) in [7, 11) is 0. The average Bonchev–Trinajstić information content (AvgIpc) is 3.08. The van der Waals surface area contributed by atoms with Gasteiger partial charge >= 0.3 is 0 Å². The van der Waals surface area contributed by atoms with Crippen LogP contribution in [0.4, 0.5) is 8.78 Å². The van der Waals surface area contributed by atoms with Gasteiger partial charge in [-0.1, -0.05) is 66.7 Å². The van der Waals surface area contributed by atoms with Crippen molar-refractivity contribution in [2.45, 2.75) is 31.0 Å². The van der Waals surface area contributed by atoms with Gasteiger partial charge < -0.3 is 16.2 Å². The maximum absolute atomic E-state index is 13.9. The minimum atomic E-state index is -2.13. The summed E-state index contributed by atoms with van der Waals surface area (Å²) in [5, 5.41) is 13.6. The molecular weight excluding hydrogens is 492 g/mol. The van der Waals surface area contributed by atoms with Crippen LogP contribution < -0.4 is 11.1 Å². The van der Waals surface area contributed by atoms with Crippen molar-refractivity contribution in [2.75, 3.05) is 6.54 Å². The predicted octanol–water partition coefficient (Wildman–Crippen LogP) is 3.07. The number of hydrogen-bond donors (Lipinski definition) is 3. The Bertz CT molecular complexity index is 1340. The van der Waals surface area contributed by atoms with Crippen molar-refractivity contribution in [3.05, 3.63) is 113 Å². The molecule has 9 heteroatoms. The quantitative estimate of drug-likeness (QED) is 0.464. The number of halogens is 2. The highest BCUT2D eigenvalue weighted by Crippen LogP contribution is 2.33. The van der Waals surface area contributed by atoms with Gasteiger partial charge in [0.2, 0.25) is 11.8 Å². The highest BCUT2D eigenvalue weighted by atomic mass is 19.1. The van der Waals surface area contributed by atoms with E-state index in [1.165, 1.54) is 6.92 Å². The SMILES string of the molecule is C[C@H](N)C(=O)N(C(=O)[C@H](O)c1cc(F)cc(F)c1)[C@@H]1C(=O)NCC(c2ccccc2)=C[C@@H]1c1ccccc1. The number of aliphatic hydroxyl groups is 1. The lowest BCUT2D eigenvalue weighted by molar-refractivity contribution is -0.158. The van der Waals surface area contributed by atoms with Crippen LogP contribution in [0, 0.1) is 11.6 Å². The van der Waals surface area contributed by atoms with Gasteiger partial charge in [-0.25, -0.2) is 8.78 Å². The lowest BCUT2D eigenvalue weighted by Crippen LogP contribution is -2.58. The number of nitrogens with zero attached hydrogens (tertiary/aromatic N) is 1. The summed E-state index contributed by atoms with van der Waals surface area (Å²) in [5.74, 6) is -5.65. The maximum atomic E-state index is 13.9. The van der Waals surface area contributed by atoms with Gasteiger partial charge in [-0.15, -0.1) is 0 Å². The number of nitrogens with one attached hydrogen (secondary N) is 1. The fraction of sp³-hybridized carbons (Fsp3) is 0.207. The fourth-order valence-corrected chi connectivity index (χ4v) is 4.51. The summed E-state index contributed by atoms with van der Waals surface area (Å²) in [6.07, 6.45) is -0.330. The summed E-state index contributed by atoms with van der Waals surface area (Å²) in [5.41, 5.74) is 7.68. The number of hydrogen-bond acceptors (Lipinski definition) is 5. The predicted molar refractivity (Wildman–Crippen MR) is 137 cm³/mol. The van der Waals surface area contributed by atoms with Gasteiger partial charge in [-0.05, 0) is 41.3 Å². The van der Waals surface area contributed by atoms with Crippen molar-refractivity contribution < 1.29 is 28.3 Å². The molecule has 3 aromatic carbocycles. The van der Waals surface area contributed by atoms with Gasteiger partial charge in [-0.3, -0.25) is 19.3 Å². The van der Waals surface area contributed by atoms with E-state index < -0.39 is 59.0 Å². The number of nitrogens with two attached hydrogens (primary N) is 1. The molecule has 38 heavy (non-hydrogen) atoms. The molecule has 1 heterocycles. The molecule has 0 fully saturated rings. The Morgan fingerprint density at radius 2 is 1.55 bits per heavy atom. The molecule has 196 valence electrons. The summed E-state index contributed by atoms with van der Waals surface area (Å²) in [4.78, 5) is 41.2. The van der Waals surface area contributed by atoms with E-state index in [0.29, 0.717) is 16.5 Å². The monoisotopic (exact) mass is 519 g/mol. The van der Waals surface area contributed by atoms with Crippen LogP contribution in [0.25, 0.3) is 5.57 Å². The molecule has 0 aliphatic carbocycles. The Labute approximate surface area is 218 Å². The minimum Gasteiger partial charge on any atom is -0.378 e. The zero-order valence-corrected chi connectivity index (χ0v) is 20.6. The molecule has 0 spiro atoms. The van der Waals surface area contributed by atoms with Crippen molar-refractivity contribution in [3.8, 4) is 0 Å². The Morgan fingerprint density at radius 3 is 2.13 bits per heavy atom. The average molecular weight is 520 g/mol. The number of carbonyl (C=O) groups is 3. The van der Waals surface area contributed by atoms with E-state index in [1.54, 1.807) is 36.4 Å². The van der Waals surface area contributed by atoms with Crippen molar-refractivity contribution >= 4 is 23.3 Å². The Hall–Kier alpha value is -4.21. The number of carbonyl (C=O) groups excluding carboxylic acids is 3. The van der Waals surface area contributed by atoms with Crippen LogP contribution in [0.1, 0.15) is 35.6 Å². The third-order valence-electron chi connectivity index (χ3n) is 6.35. The number of aliphatic hydroxyl groups excluding tert-OH is 1. The van der Waals surface area contributed by atoms with Crippen LogP contribution in [-0.4, -0.2) is 46.4 Å². The molecule has 4 N–H and O–H groups in total. The third kappa shape index (κ3) is 5.69. The number of rotatable bonds is 6. The number of amides is 3. The van der Waals surface area contributed by atoms with Crippen LogP contribution >= 0.6 is 0 Å². The molecule has 1 aliphatic rings. The van der Waals surface area contributed by atoms with Gasteiger partial charge in [-0.2, -0.15) is 0 Å². The van der Waals surface area contributed by atoms with Crippen molar-refractivity contribution in [3.63, 3.8) is 0 Å². The van der Waals surface area contributed by atoms with Crippen LogP contribution in [0.3, 0.4) is 0 Å². The zero-order valence-electron chi connectivity index (χ0n) is 20.6. The smallest absolute Gasteiger partial charge is 0.263 e. The molecule has 0 bridgehead atoms. The molecule has 0 aromatic heterocycles. The van der Waals surface area contributed by atoms with Gasteiger partial charge in [0.05, 0.1) is 6.04 Å². The van der Waals surface area contributed by atoms with Crippen LogP contribution in [0.5, 0.6) is 0 Å². The first-order valence-corrected chi connectivity index (χ1v) is 12.0. The van der Waals surface area contributed by atoms with Crippen LogP contribution in [-0.2, 0) is 14.4 Å². The molecule has 3 amide bonds. The van der Waals surface area contributed by atoms with Gasteiger partial charge in [0, 0.05) is 18.5 Å². The molecule has 0 unspecified atom stereocenters. The summed E-state index contributed by atoms with van der Waals surface area (Å²) in [6.45, 7) is 1.46. The van der Waals surface area contributed by atoms with E-state index in [4.69, 9.17) is 5.73 Å². The van der Waals surface area contributed by atoms with Crippen molar-refractivity contribution in [1.82, 2.24) is 10.2 Å². The van der Waals surface area contributed by atoms with E-state index >= 15 is 0 Å². The second-order valence-corrected chi connectivity index (χ2v) is 9.10. The van der Waals surface area contributed by atoms with Crippen LogP contribution in [0.15, 0.2) is 84.9 Å². The Kier molecular flexibility index (Phi) is 8.09. The highest BCUT2D eigenvalue weighted by Gasteiger charge is 2.44. The maximum Gasteiger partial charge on any atom is 0.263 e. The first kappa shape index (κ1) is 26.8. The highest BCUT2D eigenvalue weighted by molar-refractivity contribution is 6.04. The molecule has 0 saturated heterocycles. The van der Waals surface area contributed by atoms with Crippen molar-refractivity contribution in [1.29, 1.82) is 0 Å². The first-order chi connectivity index (χ1) is 18.2. The largest absolute Gasteiger partial charge is 0.378 e. The zero-order chi connectivity index (χ0) is 27.4. The molecule has 0 saturated carbocycles. The molecule has 4 atom stereocenters. The normalized spacial score (nSPS) is 19.0.